The summed E-state index contributed by atoms with van der Waals surface area (Å²) in [6.07, 6.45) is 0.396. The van der Waals surface area contributed by atoms with Gasteiger partial charge in [0.2, 0.25) is 0 Å². The quantitative estimate of drug-likeness (QED) is 0.270. The molecular weight excluding hydrogens is 424 g/mol. The highest BCUT2D eigenvalue weighted by molar-refractivity contribution is 8.00. The third-order valence-corrected chi connectivity index (χ3v) is 6.00. The molecule has 0 atom stereocenters. The summed E-state index contributed by atoms with van der Waals surface area (Å²) in [5, 5.41) is 31.4. The van der Waals surface area contributed by atoms with Crippen LogP contribution < -0.4 is 4.31 Å². The average Bonchev–Trinajstić information content (AvgIpc) is 2.72. The molecule has 0 aliphatic rings. The van der Waals surface area contributed by atoms with Gasteiger partial charge in [0.1, 0.15) is 0 Å². The van der Waals surface area contributed by atoms with E-state index < -0.39 is 4.92 Å². The van der Waals surface area contributed by atoms with E-state index in [4.69, 9.17) is 11.6 Å². The fraction of sp³-hybridized carbons (Fsp3) is 0.182. The number of rotatable bonds is 8. The minimum absolute atomic E-state index is 0.000883. The number of nitro groups is 1. The first kappa shape index (κ1) is 22.0. The van der Waals surface area contributed by atoms with Gasteiger partial charge in [-0.15, -0.1) is 0 Å². The van der Waals surface area contributed by atoms with E-state index in [0.29, 0.717) is 23.5 Å². The lowest BCUT2D eigenvalue weighted by molar-refractivity contribution is -0.385. The van der Waals surface area contributed by atoms with E-state index in [1.54, 1.807) is 18.2 Å². The van der Waals surface area contributed by atoms with Crippen LogP contribution in [0.3, 0.4) is 0 Å². The summed E-state index contributed by atoms with van der Waals surface area (Å²) in [5.74, 6) is -0.0788. The van der Waals surface area contributed by atoms with E-state index >= 15 is 0 Å². The number of hydrogen-bond acceptors (Lipinski definition) is 6. The summed E-state index contributed by atoms with van der Waals surface area (Å²) in [5.41, 5.74) is 3.13. The molecule has 0 bridgehead atoms. The fourth-order valence-electron chi connectivity index (χ4n) is 2.94. The molecule has 3 rings (SSSR count). The van der Waals surface area contributed by atoms with Crippen molar-refractivity contribution in [2.24, 2.45) is 0 Å². The highest BCUT2D eigenvalue weighted by Gasteiger charge is 2.20. The smallest absolute Gasteiger partial charge is 0.270 e. The van der Waals surface area contributed by atoms with Gasteiger partial charge >= 0.3 is 0 Å². The Morgan fingerprint density at radius 1 is 1.10 bits per heavy atom. The van der Waals surface area contributed by atoms with E-state index in [9.17, 15) is 20.3 Å². The molecule has 30 heavy (non-hydrogen) atoms. The molecule has 2 N–H and O–H groups in total. The van der Waals surface area contributed by atoms with Crippen LogP contribution in [-0.2, 0) is 13.0 Å². The monoisotopic (exact) mass is 444 g/mol. The van der Waals surface area contributed by atoms with Crippen molar-refractivity contribution in [3.63, 3.8) is 0 Å². The number of anilines is 1. The number of benzene rings is 3. The third-order valence-electron chi connectivity index (χ3n) is 4.53. The molecule has 6 nitrogen and oxygen atoms in total. The average molecular weight is 445 g/mol. The second kappa shape index (κ2) is 9.84. The van der Waals surface area contributed by atoms with Crippen molar-refractivity contribution < 1.29 is 15.1 Å². The maximum absolute atomic E-state index is 11.2. The minimum Gasteiger partial charge on any atom is -0.504 e. The van der Waals surface area contributed by atoms with Crippen molar-refractivity contribution in [3.8, 4) is 5.75 Å². The van der Waals surface area contributed by atoms with Crippen LogP contribution in [0.15, 0.2) is 65.6 Å². The van der Waals surface area contributed by atoms with Crippen LogP contribution >= 0.6 is 23.5 Å². The van der Waals surface area contributed by atoms with Gasteiger partial charge in [0.05, 0.1) is 22.2 Å². The standard InChI is InChI=1S/C22H21ClN2O4S/c1-15-7-8-18(25(28)29)13-21(15)30-24(14-16-5-3-2-4-6-16)20-12-17(9-10-26)11-19(23)22(20)27/h2-8,11-13,26-27H,9-10,14H2,1H3. The minimum atomic E-state index is -0.429. The Morgan fingerprint density at radius 3 is 2.50 bits per heavy atom. The summed E-state index contributed by atoms with van der Waals surface area (Å²) in [6.45, 7) is 2.26. The molecule has 0 amide bonds. The van der Waals surface area contributed by atoms with Gasteiger partial charge in [-0.05, 0) is 54.1 Å². The molecule has 0 aliphatic heterocycles. The molecule has 0 spiro atoms. The van der Waals surface area contributed by atoms with Crippen molar-refractivity contribution in [3.05, 3.63) is 92.5 Å². The Hall–Kier alpha value is -2.74. The highest BCUT2D eigenvalue weighted by atomic mass is 35.5. The zero-order valence-corrected chi connectivity index (χ0v) is 17.9. The molecule has 0 saturated carbocycles. The van der Waals surface area contributed by atoms with E-state index in [0.717, 1.165) is 16.7 Å². The van der Waals surface area contributed by atoms with E-state index in [-0.39, 0.29) is 23.1 Å². The summed E-state index contributed by atoms with van der Waals surface area (Å²) in [7, 11) is 0. The number of halogens is 1. The Morgan fingerprint density at radius 2 is 1.83 bits per heavy atom. The Kier molecular flexibility index (Phi) is 7.20. The first-order chi connectivity index (χ1) is 14.4. The van der Waals surface area contributed by atoms with Gasteiger partial charge in [0.15, 0.2) is 5.75 Å². The summed E-state index contributed by atoms with van der Waals surface area (Å²) < 4.78 is 1.85. The second-order valence-electron chi connectivity index (χ2n) is 6.74. The van der Waals surface area contributed by atoms with E-state index in [1.807, 2.05) is 41.6 Å². The van der Waals surface area contributed by atoms with Crippen molar-refractivity contribution in [1.82, 2.24) is 0 Å². The van der Waals surface area contributed by atoms with Gasteiger partial charge in [-0.2, -0.15) is 0 Å². The van der Waals surface area contributed by atoms with Crippen LogP contribution in [0.5, 0.6) is 5.75 Å². The number of aryl methyl sites for hydroxylation is 1. The van der Waals surface area contributed by atoms with Crippen LogP contribution in [0.4, 0.5) is 11.4 Å². The lowest BCUT2D eigenvalue weighted by Crippen LogP contribution is -2.15. The van der Waals surface area contributed by atoms with Crippen molar-refractivity contribution >= 4 is 34.9 Å². The number of nitrogens with zero attached hydrogens (tertiary/aromatic N) is 2. The first-order valence-corrected chi connectivity index (χ1v) is 10.4. The lowest BCUT2D eigenvalue weighted by Gasteiger charge is -2.26. The summed E-state index contributed by atoms with van der Waals surface area (Å²) in [6, 6.07) is 17.8. The van der Waals surface area contributed by atoms with Crippen LogP contribution in [0.25, 0.3) is 0 Å². The lowest BCUT2D eigenvalue weighted by atomic mass is 10.1. The number of hydrogen-bond donors (Lipinski definition) is 2. The molecule has 3 aromatic carbocycles. The molecule has 0 fully saturated rings. The van der Waals surface area contributed by atoms with Gasteiger partial charge in [-0.25, -0.2) is 0 Å². The van der Waals surface area contributed by atoms with E-state index in [2.05, 4.69) is 0 Å². The molecule has 0 aliphatic carbocycles. The molecule has 0 unspecified atom stereocenters. The maximum Gasteiger partial charge on any atom is 0.270 e. The number of phenols is 1. The molecular formula is C22H21ClN2O4S. The first-order valence-electron chi connectivity index (χ1n) is 9.25. The number of aromatic hydroxyl groups is 1. The van der Waals surface area contributed by atoms with Gasteiger partial charge in [-0.1, -0.05) is 48.0 Å². The Bertz CT molecular complexity index is 1050. The van der Waals surface area contributed by atoms with Crippen LogP contribution in [0.1, 0.15) is 16.7 Å². The highest BCUT2D eigenvalue weighted by Crippen LogP contribution is 2.42. The van der Waals surface area contributed by atoms with Crippen LogP contribution in [0, 0.1) is 17.0 Å². The molecule has 0 heterocycles. The Balaban J connectivity index is 2.06. The number of aliphatic hydroxyl groups excluding tert-OH is 1. The topological polar surface area (TPSA) is 86.8 Å². The number of non-ortho nitro benzene ring substituents is 1. The third kappa shape index (κ3) is 5.24. The summed E-state index contributed by atoms with van der Waals surface area (Å²) >= 11 is 7.54. The van der Waals surface area contributed by atoms with Gasteiger partial charge in [0, 0.05) is 23.6 Å². The largest absolute Gasteiger partial charge is 0.504 e. The molecule has 0 aromatic heterocycles. The molecule has 8 heteroatoms. The second-order valence-corrected chi connectivity index (χ2v) is 8.21. The van der Waals surface area contributed by atoms with Gasteiger partial charge in [-0.3, -0.25) is 10.1 Å². The van der Waals surface area contributed by atoms with Crippen molar-refractivity contribution in [2.45, 2.75) is 24.8 Å². The van der Waals surface area contributed by atoms with Crippen molar-refractivity contribution in [2.75, 3.05) is 10.9 Å². The normalized spacial score (nSPS) is 10.8. The molecule has 0 saturated heterocycles. The Labute approximate surface area is 184 Å². The van der Waals surface area contributed by atoms with Crippen molar-refractivity contribution in [1.29, 1.82) is 0 Å². The zero-order chi connectivity index (χ0) is 21.7. The molecule has 156 valence electrons. The van der Waals surface area contributed by atoms with Gasteiger partial charge < -0.3 is 14.5 Å². The number of phenolic OH excluding ortho intramolecular Hbond substituents is 1. The van der Waals surface area contributed by atoms with Crippen LogP contribution in [-0.4, -0.2) is 21.7 Å². The molecule has 0 radical (unpaired) electrons. The summed E-state index contributed by atoms with van der Waals surface area (Å²) in [4.78, 5) is 11.5. The SMILES string of the molecule is Cc1ccc([N+](=O)[O-])cc1SN(Cc1ccccc1)c1cc(CCO)cc(Cl)c1O. The number of nitro benzene ring substituents is 1. The molecule has 3 aromatic rings. The number of aliphatic hydroxyl groups is 1. The predicted octanol–water partition coefficient (Wildman–Crippen LogP) is 5.51. The fourth-order valence-corrected chi connectivity index (χ4v) is 4.25. The van der Waals surface area contributed by atoms with Gasteiger partial charge in [0.25, 0.3) is 5.69 Å². The van der Waals surface area contributed by atoms with Crippen LogP contribution in [0.2, 0.25) is 5.02 Å². The zero-order valence-electron chi connectivity index (χ0n) is 16.3. The maximum atomic E-state index is 11.2. The van der Waals surface area contributed by atoms with E-state index in [1.165, 1.54) is 24.1 Å². The predicted molar refractivity (Wildman–Crippen MR) is 120 cm³/mol.